The van der Waals surface area contributed by atoms with Crippen molar-refractivity contribution in [2.24, 2.45) is 0 Å². The molecule has 0 aromatic carbocycles. The molecule has 0 spiro atoms. The van der Waals surface area contributed by atoms with Crippen LogP contribution >= 0.6 is 0 Å². The minimum Gasteiger partial charge on any atom is -0.301 e. The van der Waals surface area contributed by atoms with Crippen molar-refractivity contribution < 1.29 is 4.39 Å². The summed E-state index contributed by atoms with van der Waals surface area (Å²) in [6, 6.07) is 0.701. The fraction of sp³-hybridized carbons (Fsp3) is 1.00. The van der Waals surface area contributed by atoms with Gasteiger partial charge < -0.3 is 4.90 Å². The second-order valence-electron chi connectivity index (χ2n) is 3.07. The van der Waals surface area contributed by atoms with Crippen LogP contribution in [-0.4, -0.2) is 30.7 Å². The molecule has 1 saturated heterocycles. The Morgan fingerprint density at radius 1 is 1.60 bits per heavy atom. The van der Waals surface area contributed by atoms with Gasteiger partial charge in [0.05, 0.1) is 6.67 Å². The Morgan fingerprint density at radius 2 is 2.40 bits per heavy atom. The van der Waals surface area contributed by atoms with Gasteiger partial charge in [-0.15, -0.1) is 0 Å². The average molecular weight is 145 g/mol. The highest BCUT2D eigenvalue weighted by Gasteiger charge is 2.18. The van der Waals surface area contributed by atoms with Crippen molar-refractivity contribution >= 4 is 0 Å². The van der Waals surface area contributed by atoms with Gasteiger partial charge in [-0.1, -0.05) is 0 Å². The predicted octanol–water partition coefficient (Wildman–Crippen LogP) is 1.83. The molecule has 1 rings (SSSR count). The molecule has 1 heterocycles. The standard InChI is InChI=1S/C8H16FN/c1-8-4-2-6-10(8)7-3-5-9/h8H,2-7H2,1H3/t8-/m1/s1. The third kappa shape index (κ3) is 1.94. The minimum absolute atomic E-state index is 0.163. The maximum atomic E-state index is 11.7. The van der Waals surface area contributed by atoms with Crippen LogP contribution in [0.25, 0.3) is 0 Å². The van der Waals surface area contributed by atoms with Crippen molar-refractivity contribution in [2.75, 3.05) is 19.8 Å². The highest BCUT2D eigenvalue weighted by Crippen LogP contribution is 2.15. The molecule has 1 aliphatic heterocycles. The summed E-state index contributed by atoms with van der Waals surface area (Å²) in [4.78, 5) is 2.37. The normalized spacial score (nSPS) is 27.6. The van der Waals surface area contributed by atoms with Crippen LogP contribution in [0, 0.1) is 0 Å². The summed E-state index contributed by atoms with van der Waals surface area (Å²) in [5, 5.41) is 0. The second-order valence-corrected chi connectivity index (χ2v) is 3.07. The quantitative estimate of drug-likeness (QED) is 0.585. The van der Waals surface area contributed by atoms with E-state index in [1.807, 2.05) is 0 Å². The summed E-state index contributed by atoms with van der Waals surface area (Å²) in [6.07, 6.45) is 3.31. The smallest absolute Gasteiger partial charge is 0.0906 e. The molecule has 2 heteroatoms. The first kappa shape index (κ1) is 7.99. The van der Waals surface area contributed by atoms with E-state index in [0.29, 0.717) is 12.5 Å². The van der Waals surface area contributed by atoms with E-state index in [-0.39, 0.29) is 6.67 Å². The highest BCUT2D eigenvalue weighted by atomic mass is 19.1. The predicted molar refractivity (Wildman–Crippen MR) is 40.9 cm³/mol. The molecule has 1 nitrogen and oxygen atoms in total. The molecule has 0 bridgehead atoms. The number of rotatable bonds is 3. The van der Waals surface area contributed by atoms with Gasteiger partial charge in [0, 0.05) is 12.6 Å². The first-order valence-electron chi connectivity index (χ1n) is 4.14. The second kappa shape index (κ2) is 3.91. The van der Waals surface area contributed by atoms with Gasteiger partial charge in [0.25, 0.3) is 0 Å². The van der Waals surface area contributed by atoms with Crippen LogP contribution in [0.3, 0.4) is 0 Å². The van der Waals surface area contributed by atoms with Crippen molar-refractivity contribution in [3.63, 3.8) is 0 Å². The van der Waals surface area contributed by atoms with Gasteiger partial charge >= 0.3 is 0 Å². The van der Waals surface area contributed by atoms with Gasteiger partial charge in [0.2, 0.25) is 0 Å². The number of halogens is 1. The number of alkyl halides is 1. The van der Waals surface area contributed by atoms with Gasteiger partial charge in [-0.2, -0.15) is 0 Å². The van der Waals surface area contributed by atoms with Crippen LogP contribution in [0.2, 0.25) is 0 Å². The largest absolute Gasteiger partial charge is 0.301 e. The lowest BCUT2D eigenvalue weighted by Crippen LogP contribution is -2.27. The van der Waals surface area contributed by atoms with Crippen LogP contribution in [0.15, 0.2) is 0 Å². The molecule has 0 aliphatic carbocycles. The molecular weight excluding hydrogens is 129 g/mol. The van der Waals surface area contributed by atoms with E-state index in [1.54, 1.807) is 0 Å². The molecule has 60 valence electrons. The third-order valence-corrected chi connectivity index (χ3v) is 2.27. The zero-order chi connectivity index (χ0) is 7.40. The van der Waals surface area contributed by atoms with Crippen molar-refractivity contribution in [3.8, 4) is 0 Å². The molecular formula is C8H16FN. The molecule has 1 fully saturated rings. The molecule has 0 aromatic heterocycles. The SMILES string of the molecule is C[C@@H]1CCCN1CCCF. The van der Waals surface area contributed by atoms with E-state index in [1.165, 1.54) is 19.4 Å². The van der Waals surface area contributed by atoms with Crippen molar-refractivity contribution in [1.82, 2.24) is 4.90 Å². The molecule has 0 aromatic rings. The fourth-order valence-electron chi connectivity index (χ4n) is 1.59. The van der Waals surface area contributed by atoms with Gasteiger partial charge in [-0.3, -0.25) is 4.39 Å². The van der Waals surface area contributed by atoms with Crippen LogP contribution in [0.5, 0.6) is 0 Å². The molecule has 10 heavy (non-hydrogen) atoms. The van der Waals surface area contributed by atoms with Gasteiger partial charge in [0.15, 0.2) is 0 Å². The molecule has 1 atom stereocenters. The van der Waals surface area contributed by atoms with Crippen LogP contribution in [-0.2, 0) is 0 Å². The lowest BCUT2D eigenvalue weighted by Gasteiger charge is -2.19. The van der Waals surface area contributed by atoms with E-state index in [9.17, 15) is 4.39 Å². The van der Waals surface area contributed by atoms with Gasteiger partial charge in [0.1, 0.15) is 0 Å². The number of hydrogen-bond donors (Lipinski definition) is 0. The van der Waals surface area contributed by atoms with Gasteiger partial charge in [-0.05, 0) is 32.7 Å². The van der Waals surface area contributed by atoms with E-state index in [4.69, 9.17) is 0 Å². The third-order valence-electron chi connectivity index (χ3n) is 2.27. The summed E-state index contributed by atoms with van der Waals surface area (Å²) in [7, 11) is 0. The lowest BCUT2D eigenvalue weighted by atomic mass is 10.2. The molecule has 0 N–H and O–H groups in total. The Bertz CT molecular complexity index is 95.3. The zero-order valence-electron chi connectivity index (χ0n) is 6.65. The maximum absolute atomic E-state index is 11.7. The van der Waals surface area contributed by atoms with Crippen molar-refractivity contribution in [2.45, 2.75) is 32.2 Å². The van der Waals surface area contributed by atoms with Crippen LogP contribution < -0.4 is 0 Å². The Labute approximate surface area is 62.2 Å². The Hall–Kier alpha value is -0.110. The summed E-state index contributed by atoms with van der Waals surface area (Å²) >= 11 is 0. The monoisotopic (exact) mass is 145 g/mol. The van der Waals surface area contributed by atoms with E-state index >= 15 is 0 Å². The van der Waals surface area contributed by atoms with Gasteiger partial charge in [-0.25, -0.2) is 0 Å². The lowest BCUT2D eigenvalue weighted by molar-refractivity contribution is 0.254. The average Bonchev–Trinajstić information content (AvgIpc) is 2.31. The van der Waals surface area contributed by atoms with E-state index in [2.05, 4.69) is 11.8 Å². The number of hydrogen-bond acceptors (Lipinski definition) is 1. The maximum Gasteiger partial charge on any atom is 0.0906 e. The van der Waals surface area contributed by atoms with Crippen molar-refractivity contribution in [1.29, 1.82) is 0 Å². The van der Waals surface area contributed by atoms with E-state index < -0.39 is 0 Å². The minimum atomic E-state index is -0.163. The fourth-order valence-corrected chi connectivity index (χ4v) is 1.59. The summed E-state index contributed by atoms with van der Waals surface area (Å²) in [6.45, 7) is 4.20. The highest BCUT2D eigenvalue weighted by molar-refractivity contribution is 4.74. The molecule has 0 unspecified atom stereocenters. The molecule has 0 amide bonds. The van der Waals surface area contributed by atoms with E-state index in [0.717, 1.165) is 6.54 Å². The molecule has 0 radical (unpaired) electrons. The topological polar surface area (TPSA) is 3.24 Å². The summed E-state index contributed by atoms with van der Waals surface area (Å²) < 4.78 is 11.7. The summed E-state index contributed by atoms with van der Waals surface area (Å²) in [5.74, 6) is 0. The number of likely N-dealkylation sites (tertiary alicyclic amines) is 1. The van der Waals surface area contributed by atoms with Crippen LogP contribution in [0.1, 0.15) is 26.2 Å². The summed E-state index contributed by atoms with van der Waals surface area (Å²) in [5.41, 5.74) is 0. The number of nitrogens with zero attached hydrogens (tertiary/aromatic N) is 1. The van der Waals surface area contributed by atoms with Crippen LogP contribution in [0.4, 0.5) is 4.39 Å². The zero-order valence-corrected chi connectivity index (χ0v) is 6.65. The first-order chi connectivity index (χ1) is 4.84. The Kier molecular flexibility index (Phi) is 3.13. The Balaban J connectivity index is 2.14. The molecule has 1 aliphatic rings. The molecule has 0 saturated carbocycles. The first-order valence-corrected chi connectivity index (χ1v) is 4.14. The Morgan fingerprint density at radius 3 is 2.90 bits per heavy atom. The van der Waals surface area contributed by atoms with Crippen molar-refractivity contribution in [3.05, 3.63) is 0 Å².